The number of nitrogens with zero attached hydrogens (tertiary/aromatic N) is 3. The molecule has 0 saturated heterocycles. The monoisotopic (exact) mass is 258 g/mol. The minimum atomic E-state index is -1.14. The SMILES string of the molecule is CC(=O)Nc1cn(CC2C(F)CCCC2F)nn1. The fourth-order valence-corrected chi connectivity index (χ4v) is 2.23. The first-order valence-corrected chi connectivity index (χ1v) is 6.02. The smallest absolute Gasteiger partial charge is 0.222 e. The Balaban J connectivity index is 1.99. The van der Waals surface area contributed by atoms with E-state index in [1.54, 1.807) is 0 Å². The van der Waals surface area contributed by atoms with E-state index in [0.717, 1.165) is 0 Å². The Morgan fingerprint density at radius 3 is 2.78 bits per heavy atom. The van der Waals surface area contributed by atoms with E-state index in [1.165, 1.54) is 17.8 Å². The lowest BCUT2D eigenvalue weighted by molar-refractivity contribution is -0.114. The van der Waals surface area contributed by atoms with Crippen molar-refractivity contribution in [2.75, 3.05) is 5.32 Å². The summed E-state index contributed by atoms with van der Waals surface area (Å²) in [6.45, 7) is 1.50. The Bertz CT molecular complexity index is 413. The molecule has 0 bridgehead atoms. The molecule has 7 heteroatoms. The van der Waals surface area contributed by atoms with Gasteiger partial charge in [-0.15, -0.1) is 5.10 Å². The summed E-state index contributed by atoms with van der Waals surface area (Å²) in [7, 11) is 0. The topological polar surface area (TPSA) is 59.8 Å². The first kappa shape index (κ1) is 12.9. The fraction of sp³-hybridized carbons (Fsp3) is 0.727. The molecule has 100 valence electrons. The molecular formula is C11H16F2N4O. The Morgan fingerprint density at radius 2 is 2.17 bits per heavy atom. The van der Waals surface area contributed by atoms with Crippen molar-refractivity contribution in [3.63, 3.8) is 0 Å². The van der Waals surface area contributed by atoms with Crippen LogP contribution in [-0.2, 0) is 11.3 Å². The first-order chi connectivity index (χ1) is 8.56. The van der Waals surface area contributed by atoms with Crippen LogP contribution in [0.3, 0.4) is 0 Å². The lowest BCUT2D eigenvalue weighted by Crippen LogP contribution is -2.34. The quantitative estimate of drug-likeness (QED) is 0.897. The largest absolute Gasteiger partial charge is 0.308 e. The molecule has 1 amide bonds. The summed E-state index contributed by atoms with van der Waals surface area (Å²) in [5, 5.41) is 9.92. The molecule has 1 aliphatic rings. The van der Waals surface area contributed by atoms with E-state index in [-0.39, 0.29) is 12.5 Å². The predicted molar refractivity (Wildman–Crippen MR) is 61.5 cm³/mol. The highest BCUT2D eigenvalue weighted by Gasteiger charge is 2.34. The van der Waals surface area contributed by atoms with Gasteiger partial charge in [-0.25, -0.2) is 13.5 Å². The number of aromatic nitrogens is 3. The third-order valence-electron chi connectivity index (χ3n) is 3.13. The maximum atomic E-state index is 13.6. The van der Waals surface area contributed by atoms with Crippen molar-refractivity contribution >= 4 is 11.7 Å². The number of nitrogens with one attached hydrogen (secondary N) is 1. The van der Waals surface area contributed by atoms with Crippen LogP contribution in [0.4, 0.5) is 14.6 Å². The molecule has 1 N–H and O–H groups in total. The molecule has 1 heterocycles. The number of halogens is 2. The first-order valence-electron chi connectivity index (χ1n) is 6.02. The summed E-state index contributed by atoms with van der Waals surface area (Å²) in [4.78, 5) is 10.8. The van der Waals surface area contributed by atoms with Crippen molar-refractivity contribution < 1.29 is 13.6 Å². The van der Waals surface area contributed by atoms with Crippen molar-refractivity contribution in [1.82, 2.24) is 15.0 Å². The number of anilines is 1. The van der Waals surface area contributed by atoms with Crippen LogP contribution in [0.25, 0.3) is 0 Å². The average molecular weight is 258 g/mol. The predicted octanol–water partition coefficient (Wildman–Crippen LogP) is 1.71. The second-order valence-corrected chi connectivity index (χ2v) is 4.63. The van der Waals surface area contributed by atoms with Crippen LogP contribution in [0.2, 0.25) is 0 Å². The van der Waals surface area contributed by atoms with Crippen molar-refractivity contribution in [2.24, 2.45) is 5.92 Å². The molecule has 1 fully saturated rings. The lowest BCUT2D eigenvalue weighted by atomic mass is 9.86. The highest BCUT2D eigenvalue weighted by atomic mass is 19.1. The number of rotatable bonds is 3. The zero-order valence-electron chi connectivity index (χ0n) is 10.1. The molecular weight excluding hydrogens is 242 g/mol. The van der Waals surface area contributed by atoms with E-state index >= 15 is 0 Å². The number of carbonyl (C=O) groups excluding carboxylic acids is 1. The molecule has 0 aromatic carbocycles. The highest BCUT2D eigenvalue weighted by molar-refractivity contribution is 5.87. The van der Waals surface area contributed by atoms with Crippen LogP contribution in [0.15, 0.2) is 6.20 Å². The maximum absolute atomic E-state index is 13.6. The molecule has 0 radical (unpaired) electrons. The Kier molecular flexibility index (Phi) is 3.88. The van der Waals surface area contributed by atoms with Gasteiger partial charge in [0.05, 0.1) is 12.7 Å². The van der Waals surface area contributed by atoms with Crippen LogP contribution in [0, 0.1) is 5.92 Å². The van der Waals surface area contributed by atoms with Gasteiger partial charge in [0, 0.05) is 12.8 Å². The molecule has 1 saturated carbocycles. The van der Waals surface area contributed by atoms with Crippen molar-refractivity contribution in [1.29, 1.82) is 0 Å². The second-order valence-electron chi connectivity index (χ2n) is 4.63. The standard InChI is InChI=1S/C11H16F2N4O/c1-7(18)14-11-6-17(16-15-11)5-8-9(12)3-2-4-10(8)13/h6,8-10H,2-5H2,1H3,(H,14,18). The third kappa shape index (κ3) is 3.02. The summed E-state index contributed by atoms with van der Waals surface area (Å²) in [6.07, 6.45) is 0.601. The molecule has 5 nitrogen and oxygen atoms in total. The average Bonchev–Trinajstić information content (AvgIpc) is 2.70. The van der Waals surface area contributed by atoms with E-state index in [1.807, 2.05) is 0 Å². The van der Waals surface area contributed by atoms with Gasteiger partial charge in [0.25, 0.3) is 0 Å². The van der Waals surface area contributed by atoms with Gasteiger partial charge in [-0.2, -0.15) is 0 Å². The minimum Gasteiger partial charge on any atom is -0.308 e. The molecule has 1 aromatic heterocycles. The number of alkyl halides is 2. The van der Waals surface area contributed by atoms with Gasteiger partial charge in [0.1, 0.15) is 12.3 Å². The summed E-state index contributed by atoms with van der Waals surface area (Å²) < 4.78 is 28.6. The summed E-state index contributed by atoms with van der Waals surface area (Å²) in [5.41, 5.74) is 0. The summed E-state index contributed by atoms with van der Waals surface area (Å²) >= 11 is 0. The molecule has 18 heavy (non-hydrogen) atoms. The second kappa shape index (κ2) is 5.41. The van der Waals surface area contributed by atoms with E-state index in [2.05, 4.69) is 15.6 Å². The summed E-state index contributed by atoms with van der Waals surface area (Å²) in [6, 6.07) is 0. The molecule has 1 aromatic rings. The zero-order valence-corrected chi connectivity index (χ0v) is 10.1. The van der Waals surface area contributed by atoms with Crippen LogP contribution in [-0.4, -0.2) is 33.2 Å². The third-order valence-corrected chi connectivity index (χ3v) is 3.13. The van der Waals surface area contributed by atoms with Crippen molar-refractivity contribution in [3.8, 4) is 0 Å². The Hall–Kier alpha value is -1.53. The number of hydrogen-bond donors (Lipinski definition) is 1. The van der Waals surface area contributed by atoms with Gasteiger partial charge in [0.15, 0.2) is 5.82 Å². The van der Waals surface area contributed by atoms with Crippen LogP contribution in [0.5, 0.6) is 0 Å². The van der Waals surface area contributed by atoms with E-state index in [4.69, 9.17) is 0 Å². The minimum absolute atomic E-state index is 0.148. The Labute approximate surface area is 104 Å². The number of hydrogen-bond acceptors (Lipinski definition) is 3. The number of carbonyl (C=O) groups is 1. The van der Waals surface area contributed by atoms with E-state index in [9.17, 15) is 13.6 Å². The van der Waals surface area contributed by atoms with Crippen molar-refractivity contribution in [3.05, 3.63) is 6.20 Å². The van der Waals surface area contributed by atoms with Crippen LogP contribution >= 0.6 is 0 Å². The van der Waals surface area contributed by atoms with E-state index < -0.39 is 18.3 Å². The molecule has 1 aliphatic carbocycles. The van der Waals surface area contributed by atoms with Gasteiger partial charge in [-0.1, -0.05) is 5.21 Å². The normalized spacial score (nSPS) is 28.1. The fourth-order valence-electron chi connectivity index (χ4n) is 2.23. The van der Waals surface area contributed by atoms with E-state index in [0.29, 0.717) is 25.1 Å². The molecule has 2 rings (SSSR count). The molecule has 2 unspecified atom stereocenters. The summed E-state index contributed by atoms with van der Waals surface area (Å²) in [5.74, 6) is -0.638. The lowest BCUT2D eigenvalue weighted by Gasteiger charge is -2.28. The molecule has 0 spiro atoms. The van der Waals surface area contributed by atoms with Crippen molar-refractivity contribution in [2.45, 2.75) is 45.1 Å². The maximum Gasteiger partial charge on any atom is 0.222 e. The zero-order chi connectivity index (χ0) is 13.1. The molecule has 0 aliphatic heterocycles. The van der Waals surface area contributed by atoms with Gasteiger partial charge >= 0.3 is 0 Å². The van der Waals surface area contributed by atoms with Crippen LogP contribution in [0.1, 0.15) is 26.2 Å². The van der Waals surface area contributed by atoms with Gasteiger partial charge in [-0.3, -0.25) is 4.79 Å². The van der Waals surface area contributed by atoms with Gasteiger partial charge in [-0.05, 0) is 19.3 Å². The number of amides is 1. The molecule has 2 atom stereocenters. The highest BCUT2D eigenvalue weighted by Crippen LogP contribution is 2.30. The van der Waals surface area contributed by atoms with Gasteiger partial charge < -0.3 is 5.32 Å². The van der Waals surface area contributed by atoms with Gasteiger partial charge in [0.2, 0.25) is 5.91 Å². The Morgan fingerprint density at radius 1 is 1.50 bits per heavy atom. The van der Waals surface area contributed by atoms with Crippen LogP contribution < -0.4 is 5.32 Å².